The summed E-state index contributed by atoms with van der Waals surface area (Å²) in [6.45, 7) is -0.582. The number of carbonyl (C=O) groups is 1. The van der Waals surface area contributed by atoms with Crippen molar-refractivity contribution in [2.75, 3.05) is 25.0 Å². The van der Waals surface area contributed by atoms with Gasteiger partial charge < -0.3 is 15.0 Å². The Morgan fingerprint density at radius 2 is 2.07 bits per heavy atom. The van der Waals surface area contributed by atoms with E-state index in [-0.39, 0.29) is 26.1 Å². The number of rotatable bonds is 5. The Hall–Kier alpha value is -2.84. The summed E-state index contributed by atoms with van der Waals surface area (Å²) >= 11 is 0. The summed E-state index contributed by atoms with van der Waals surface area (Å²) in [5.41, 5.74) is 0.584. The van der Waals surface area contributed by atoms with Crippen LogP contribution in [0.5, 0.6) is 0 Å². The first-order chi connectivity index (χ1) is 12.9. The van der Waals surface area contributed by atoms with E-state index in [4.69, 9.17) is 4.74 Å². The molecule has 27 heavy (non-hydrogen) atoms. The van der Waals surface area contributed by atoms with Gasteiger partial charge in [-0.05, 0) is 30.2 Å². The van der Waals surface area contributed by atoms with Crippen molar-refractivity contribution in [1.29, 1.82) is 0 Å². The second-order valence-electron chi connectivity index (χ2n) is 6.32. The maximum absolute atomic E-state index is 14.4. The molecule has 0 bridgehead atoms. The molecule has 3 rings (SSSR count). The highest BCUT2D eigenvalue weighted by Crippen LogP contribution is 2.33. The lowest BCUT2D eigenvalue weighted by Gasteiger charge is -2.37. The van der Waals surface area contributed by atoms with E-state index in [2.05, 4.69) is 15.3 Å². The van der Waals surface area contributed by atoms with Gasteiger partial charge >= 0.3 is 6.09 Å². The van der Waals surface area contributed by atoms with Crippen LogP contribution in [-0.4, -0.2) is 46.5 Å². The molecule has 1 aliphatic heterocycles. The number of amides is 1. The van der Waals surface area contributed by atoms with Crippen molar-refractivity contribution in [1.82, 2.24) is 14.9 Å². The fraction of sp³-hybridized carbons (Fsp3) is 0.389. The molecule has 2 aromatic rings. The summed E-state index contributed by atoms with van der Waals surface area (Å²) < 4.78 is 46.8. The number of ether oxygens (including phenoxy) is 1. The summed E-state index contributed by atoms with van der Waals surface area (Å²) in [7, 11) is 0. The van der Waals surface area contributed by atoms with Crippen molar-refractivity contribution < 1.29 is 22.7 Å². The summed E-state index contributed by atoms with van der Waals surface area (Å²) in [6, 6.07) is 7.03. The van der Waals surface area contributed by atoms with Crippen LogP contribution in [0.15, 0.2) is 42.9 Å². The third-order valence-corrected chi connectivity index (χ3v) is 4.39. The largest absolute Gasteiger partial charge is 0.445 e. The van der Waals surface area contributed by atoms with Gasteiger partial charge in [0, 0.05) is 25.2 Å². The molecule has 2 heterocycles. The van der Waals surface area contributed by atoms with Gasteiger partial charge in [-0.3, -0.25) is 0 Å². The number of halogens is 3. The molecule has 1 N–H and O–H groups in total. The molecule has 1 fully saturated rings. The smallest absolute Gasteiger partial charge is 0.410 e. The quantitative estimate of drug-likeness (QED) is 0.862. The molecular weight excluding hydrogens is 361 g/mol. The molecule has 1 amide bonds. The number of anilines is 1. The zero-order valence-electron chi connectivity index (χ0n) is 14.4. The van der Waals surface area contributed by atoms with E-state index in [9.17, 15) is 18.0 Å². The van der Waals surface area contributed by atoms with Gasteiger partial charge in [-0.15, -0.1) is 0 Å². The van der Waals surface area contributed by atoms with Crippen LogP contribution >= 0.6 is 0 Å². The molecule has 144 valence electrons. The van der Waals surface area contributed by atoms with Gasteiger partial charge in [0.2, 0.25) is 0 Å². The van der Waals surface area contributed by atoms with Crippen LogP contribution in [0, 0.1) is 11.7 Å². The summed E-state index contributed by atoms with van der Waals surface area (Å²) in [5, 5.41) is 2.87. The fourth-order valence-corrected chi connectivity index (χ4v) is 2.83. The lowest BCUT2D eigenvalue weighted by molar-refractivity contribution is -0.101. The molecule has 6 nitrogen and oxygen atoms in total. The molecular formula is C18H19F3N4O2. The normalized spacial score (nSPS) is 18.8. The van der Waals surface area contributed by atoms with Crippen LogP contribution in [0.25, 0.3) is 0 Å². The molecule has 9 heteroatoms. The molecule has 0 saturated carbocycles. The minimum Gasteiger partial charge on any atom is -0.445 e. The monoisotopic (exact) mass is 380 g/mol. The van der Waals surface area contributed by atoms with Crippen LogP contribution in [-0.2, 0) is 11.3 Å². The Labute approximate surface area is 154 Å². The first-order valence-corrected chi connectivity index (χ1v) is 8.48. The van der Waals surface area contributed by atoms with E-state index >= 15 is 0 Å². The topological polar surface area (TPSA) is 67.3 Å². The Balaban J connectivity index is 1.49. The Morgan fingerprint density at radius 3 is 2.74 bits per heavy atom. The molecule has 1 unspecified atom stereocenters. The fourth-order valence-electron chi connectivity index (χ4n) is 2.83. The summed E-state index contributed by atoms with van der Waals surface area (Å²) in [5.74, 6) is -3.90. The van der Waals surface area contributed by atoms with Crippen LogP contribution in [0.2, 0.25) is 0 Å². The second-order valence-corrected chi connectivity index (χ2v) is 6.32. The average Bonchev–Trinajstić information content (AvgIpc) is 2.66. The Bertz CT molecular complexity index is 759. The van der Waals surface area contributed by atoms with Crippen LogP contribution in [0.3, 0.4) is 0 Å². The number of nitrogens with zero attached hydrogens (tertiary/aromatic N) is 3. The molecule has 1 aliphatic rings. The highest BCUT2D eigenvalue weighted by Gasteiger charge is 2.46. The minimum absolute atomic E-state index is 0.0441. The van der Waals surface area contributed by atoms with E-state index < -0.39 is 30.3 Å². The number of aromatic nitrogens is 2. The number of hydrogen-bond acceptors (Lipinski definition) is 5. The molecule has 1 atom stereocenters. The van der Waals surface area contributed by atoms with Crippen molar-refractivity contribution in [3.8, 4) is 0 Å². The lowest BCUT2D eigenvalue weighted by Crippen LogP contribution is -2.52. The minimum atomic E-state index is -3.05. The molecule has 0 aliphatic carbocycles. The van der Waals surface area contributed by atoms with Crippen molar-refractivity contribution in [3.63, 3.8) is 0 Å². The number of nitrogens with one attached hydrogen (secondary N) is 1. The Morgan fingerprint density at radius 1 is 1.30 bits per heavy atom. The number of piperidine rings is 1. The van der Waals surface area contributed by atoms with Crippen LogP contribution in [0.4, 0.5) is 23.8 Å². The number of likely N-dealkylation sites (tertiary alicyclic amines) is 1. The van der Waals surface area contributed by atoms with Gasteiger partial charge in [-0.2, -0.15) is 0 Å². The van der Waals surface area contributed by atoms with Crippen LogP contribution < -0.4 is 5.32 Å². The number of alkyl halides is 2. The first-order valence-electron chi connectivity index (χ1n) is 8.48. The van der Waals surface area contributed by atoms with E-state index in [1.165, 1.54) is 36.8 Å². The van der Waals surface area contributed by atoms with Gasteiger partial charge in [-0.1, -0.05) is 12.1 Å². The van der Waals surface area contributed by atoms with Crippen molar-refractivity contribution in [2.24, 2.45) is 5.92 Å². The SMILES string of the molecule is O=C(OCc1ccc(F)cc1)N1CCC(CNc2ccncn2)C(F)(F)C1. The predicted molar refractivity (Wildman–Crippen MR) is 91.7 cm³/mol. The zero-order valence-corrected chi connectivity index (χ0v) is 14.4. The third kappa shape index (κ3) is 5.08. The van der Waals surface area contributed by atoms with Crippen LogP contribution in [0.1, 0.15) is 12.0 Å². The van der Waals surface area contributed by atoms with Gasteiger partial charge in [-0.25, -0.2) is 27.9 Å². The van der Waals surface area contributed by atoms with E-state index in [1.54, 1.807) is 6.07 Å². The zero-order chi connectivity index (χ0) is 19.3. The van der Waals surface area contributed by atoms with E-state index in [1.807, 2.05) is 0 Å². The maximum atomic E-state index is 14.4. The number of benzene rings is 1. The highest BCUT2D eigenvalue weighted by atomic mass is 19.3. The molecule has 0 spiro atoms. The summed E-state index contributed by atoms with van der Waals surface area (Å²) in [4.78, 5) is 20.8. The van der Waals surface area contributed by atoms with Crippen molar-refractivity contribution in [3.05, 3.63) is 54.2 Å². The van der Waals surface area contributed by atoms with Gasteiger partial charge in [0.05, 0.1) is 6.54 Å². The van der Waals surface area contributed by atoms with E-state index in [0.29, 0.717) is 11.4 Å². The average molecular weight is 380 g/mol. The van der Waals surface area contributed by atoms with Gasteiger partial charge in [0.15, 0.2) is 0 Å². The van der Waals surface area contributed by atoms with E-state index in [0.717, 1.165) is 4.90 Å². The molecule has 1 aromatic carbocycles. The molecule has 1 saturated heterocycles. The first kappa shape index (κ1) is 18.9. The predicted octanol–water partition coefficient (Wildman–Crippen LogP) is 3.32. The van der Waals surface area contributed by atoms with Crippen molar-refractivity contribution >= 4 is 11.9 Å². The van der Waals surface area contributed by atoms with Crippen molar-refractivity contribution in [2.45, 2.75) is 19.0 Å². The highest BCUT2D eigenvalue weighted by molar-refractivity contribution is 5.68. The Kier molecular flexibility index (Phi) is 5.78. The van der Waals surface area contributed by atoms with Gasteiger partial charge in [0.1, 0.15) is 24.6 Å². The molecule has 0 radical (unpaired) electrons. The number of hydrogen-bond donors (Lipinski definition) is 1. The number of carbonyl (C=O) groups excluding carboxylic acids is 1. The maximum Gasteiger partial charge on any atom is 0.410 e. The summed E-state index contributed by atoms with van der Waals surface area (Å²) in [6.07, 6.45) is 2.19. The second kappa shape index (κ2) is 8.24. The lowest BCUT2D eigenvalue weighted by atomic mass is 9.93. The molecule has 1 aromatic heterocycles. The standard InChI is InChI=1S/C18H19F3N4O2/c19-15-3-1-13(2-4-15)10-27-17(26)25-8-6-14(18(20,21)11-25)9-23-16-5-7-22-12-24-16/h1-5,7,12,14H,6,8-11H2,(H,22,23,24). The third-order valence-electron chi connectivity index (χ3n) is 4.39. The van der Waals surface area contributed by atoms with Gasteiger partial charge in [0.25, 0.3) is 5.92 Å².